The van der Waals surface area contributed by atoms with E-state index in [1.165, 1.54) is 17.7 Å². The second-order valence-corrected chi connectivity index (χ2v) is 3.53. The third kappa shape index (κ3) is 2.43. The molecule has 0 fully saturated rings. The number of hydrogen-bond donors (Lipinski definition) is 0. The fourth-order valence-electron chi connectivity index (χ4n) is 1.45. The van der Waals surface area contributed by atoms with Crippen molar-refractivity contribution in [2.45, 2.75) is 19.9 Å². The summed E-state index contributed by atoms with van der Waals surface area (Å²) in [6.45, 7) is 2.79. The largest absolute Gasteiger partial charge is 0.268 e. The molecule has 15 heavy (non-hydrogen) atoms. The zero-order valence-corrected chi connectivity index (χ0v) is 8.65. The lowest BCUT2D eigenvalue weighted by Crippen LogP contribution is -1.99. The molecule has 0 radical (unpaired) electrons. The van der Waals surface area contributed by atoms with Crippen molar-refractivity contribution in [2.75, 3.05) is 0 Å². The summed E-state index contributed by atoms with van der Waals surface area (Å²) in [7, 11) is 0. The summed E-state index contributed by atoms with van der Waals surface area (Å²) >= 11 is 0. The predicted molar refractivity (Wildman–Crippen MR) is 57.1 cm³/mol. The van der Waals surface area contributed by atoms with Gasteiger partial charge in [0, 0.05) is 6.20 Å². The van der Waals surface area contributed by atoms with Gasteiger partial charge in [0.25, 0.3) is 0 Å². The van der Waals surface area contributed by atoms with Crippen LogP contribution in [0.3, 0.4) is 0 Å². The van der Waals surface area contributed by atoms with Crippen LogP contribution < -0.4 is 0 Å². The Labute approximate surface area is 88.4 Å². The Hall–Kier alpha value is -1.64. The van der Waals surface area contributed by atoms with Crippen molar-refractivity contribution in [3.05, 3.63) is 53.6 Å². The fraction of sp³-hybridized carbons (Fsp3) is 0.250. The molecule has 0 N–H and O–H groups in total. The number of aryl methyl sites for hydroxylation is 1. The standard InChI is InChI=1S/C12H13FN2/c1-2-10-7-14-15(8-10)9-11-3-5-12(13)6-4-11/h3-8H,2,9H2,1H3. The van der Waals surface area contributed by atoms with E-state index in [9.17, 15) is 4.39 Å². The molecule has 1 heterocycles. The third-order valence-corrected chi connectivity index (χ3v) is 2.35. The molecule has 3 heteroatoms. The topological polar surface area (TPSA) is 17.8 Å². The highest BCUT2D eigenvalue weighted by atomic mass is 19.1. The minimum absolute atomic E-state index is 0.200. The maximum absolute atomic E-state index is 12.7. The fourth-order valence-corrected chi connectivity index (χ4v) is 1.45. The van der Waals surface area contributed by atoms with Gasteiger partial charge in [-0.3, -0.25) is 4.68 Å². The van der Waals surface area contributed by atoms with E-state index >= 15 is 0 Å². The number of nitrogens with zero attached hydrogens (tertiary/aromatic N) is 2. The first-order chi connectivity index (χ1) is 7.28. The molecule has 0 unspecified atom stereocenters. The Morgan fingerprint density at radius 1 is 1.20 bits per heavy atom. The van der Waals surface area contributed by atoms with Gasteiger partial charge in [-0.05, 0) is 29.7 Å². The maximum Gasteiger partial charge on any atom is 0.123 e. The summed E-state index contributed by atoms with van der Waals surface area (Å²) < 4.78 is 14.5. The van der Waals surface area contributed by atoms with Crippen molar-refractivity contribution < 1.29 is 4.39 Å². The first kappa shape index (κ1) is 9.90. The summed E-state index contributed by atoms with van der Waals surface area (Å²) in [5.74, 6) is -0.200. The smallest absolute Gasteiger partial charge is 0.123 e. The Morgan fingerprint density at radius 3 is 2.53 bits per heavy atom. The quantitative estimate of drug-likeness (QED) is 0.751. The molecule has 0 saturated carbocycles. The Bertz CT molecular complexity index is 431. The van der Waals surface area contributed by atoms with Gasteiger partial charge >= 0.3 is 0 Å². The highest BCUT2D eigenvalue weighted by Crippen LogP contribution is 2.06. The lowest BCUT2D eigenvalue weighted by molar-refractivity contribution is 0.624. The third-order valence-electron chi connectivity index (χ3n) is 2.35. The van der Waals surface area contributed by atoms with E-state index in [4.69, 9.17) is 0 Å². The average Bonchev–Trinajstić information content (AvgIpc) is 2.69. The second-order valence-electron chi connectivity index (χ2n) is 3.53. The van der Waals surface area contributed by atoms with Crippen LogP contribution in [0.2, 0.25) is 0 Å². The van der Waals surface area contributed by atoms with Gasteiger partial charge in [0.1, 0.15) is 5.82 Å². The molecule has 2 aromatic rings. The molecule has 0 amide bonds. The van der Waals surface area contributed by atoms with Gasteiger partial charge in [-0.15, -0.1) is 0 Å². The number of halogens is 1. The van der Waals surface area contributed by atoms with E-state index in [-0.39, 0.29) is 5.82 Å². The summed E-state index contributed by atoms with van der Waals surface area (Å²) in [5, 5.41) is 4.23. The maximum atomic E-state index is 12.7. The normalized spacial score (nSPS) is 10.5. The van der Waals surface area contributed by atoms with Crippen LogP contribution in [0.1, 0.15) is 18.1 Å². The molecule has 2 rings (SSSR count). The molecule has 0 spiro atoms. The molecule has 1 aromatic heterocycles. The molecule has 0 saturated heterocycles. The zero-order valence-electron chi connectivity index (χ0n) is 8.65. The molecule has 0 aliphatic carbocycles. The minimum Gasteiger partial charge on any atom is -0.268 e. The van der Waals surface area contributed by atoms with Crippen LogP contribution in [0.5, 0.6) is 0 Å². The Balaban J connectivity index is 2.11. The molecule has 0 aliphatic rings. The molecule has 2 nitrogen and oxygen atoms in total. The number of hydrogen-bond acceptors (Lipinski definition) is 1. The average molecular weight is 204 g/mol. The summed E-state index contributed by atoms with van der Waals surface area (Å²) in [6.07, 6.45) is 4.87. The van der Waals surface area contributed by atoms with Gasteiger partial charge in [-0.25, -0.2) is 4.39 Å². The molecule has 0 atom stereocenters. The van der Waals surface area contributed by atoms with Crippen molar-refractivity contribution in [3.8, 4) is 0 Å². The molecular weight excluding hydrogens is 191 g/mol. The van der Waals surface area contributed by atoms with Crippen LogP contribution in [-0.4, -0.2) is 9.78 Å². The van der Waals surface area contributed by atoms with E-state index in [0.29, 0.717) is 6.54 Å². The van der Waals surface area contributed by atoms with E-state index in [1.54, 1.807) is 12.1 Å². The summed E-state index contributed by atoms with van der Waals surface area (Å²) in [4.78, 5) is 0. The SMILES string of the molecule is CCc1cnn(Cc2ccc(F)cc2)c1. The lowest BCUT2D eigenvalue weighted by atomic mass is 10.2. The van der Waals surface area contributed by atoms with Crippen molar-refractivity contribution in [1.82, 2.24) is 9.78 Å². The van der Waals surface area contributed by atoms with Crippen LogP contribution >= 0.6 is 0 Å². The van der Waals surface area contributed by atoms with Crippen LogP contribution in [0.15, 0.2) is 36.7 Å². The molecule has 78 valence electrons. The van der Waals surface area contributed by atoms with Gasteiger partial charge in [0.15, 0.2) is 0 Å². The number of benzene rings is 1. The highest BCUT2D eigenvalue weighted by Gasteiger charge is 1.98. The van der Waals surface area contributed by atoms with E-state index in [0.717, 1.165) is 12.0 Å². The van der Waals surface area contributed by atoms with Crippen LogP contribution in [0.4, 0.5) is 4.39 Å². The van der Waals surface area contributed by atoms with Gasteiger partial charge in [-0.1, -0.05) is 19.1 Å². The van der Waals surface area contributed by atoms with Gasteiger partial charge in [0.05, 0.1) is 12.7 Å². The predicted octanol–water partition coefficient (Wildman–Crippen LogP) is 2.63. The highest BCUT2D eigenvalue weighted by molar-refractivity contribution is 5.16. The first-order valence-corrected chi connectivity index (χ1v) is 5.03. The lowest BCUT2D eigenvalue weighted by Gasteiger charge is -2.01. The number of aromatic nitrogens is 2. The van der Waals surface area contributed by atoms with E-state index < -0.39 is 0 Å². The van der Waals surface area contributed by atoms with Gasteiger partial charge in [0.2, 0.25) is 0 Å². The molecule has 0 bridgehead atoms. The monoisotopic (exact) mass is 204 g/mol. The molecule has 0 aliphatic heterocycles. The van der Waals surface area contributed by atoms with Crippen molar-refractivity contribution in [1.29, 1.82) is 0 Å². The molecule has 1 aromatic carbocycles. The summed E-state index contributed by atoms with van der Waals surface area (Å²) in [5.41, 5.74) is 2.28. The van der Waals surface area contributed by atoms with Crippen molar-refractivity contribution in [3.63, 3.8) is 0 Å². The van der Waals surface area contributed by atoms with Gasteiger partial charge < -0.3 is 0 Å². The second kappa shape index (κ2) is 4.26. The first-order valence-electron chi connectivity index (χ1n) is 5.03. The molecular formula is C12H13FN2. The van der Waals surface area contributed by atoms with Crippen LogP contribution in [0.25, 0.3) is 0 Å². The van der Waals surface area contributed by atoms with E-state index in [1.807, 2.05) is 17.1 Å². The summed E-state index contributed by atoms with van der Waals surface area (Å²) in [6, 6.07) is 6.50. The van der Waals surface area contributed by atoms with Crippen LogP contribution in [-0.2, 0) is 13.0 Å². The Kier molecular flexibility index (Phi) is 2.81. The Morgan fingerprint density at radius 2 is 1.93 bits per heavy atom. The van der Waals surface area contributed by atoms with Crippen LogP contribution in [0, 0.1) is 5.82 Å². The van der Waals surface area contributed by atoms with Crippen molar-refractivity contribution in [2.24, 2.45) is 0 Å². The van der Waals surface area contributed by atoms with Gasteiger partial charge in [-0.2, -0.15) is 5.10 Å². The minimum atomic E-state index is -0.200. The van der Waals surface area contributed by atoms with E-state index in [2.05, 4.69) is 12.0 Å². The number of rotatable bonds is 3. The zero-order chi connectivity index (χ0) is 10.7. The van der Waals surface area contributed by atoms with Crippen molar-refractivity contribution >= 4 is 0 Å².